The maximum atomic E-state index is 12.3. The van der Waals surface area contributed by atoms with E-state index in [9.17, 15) is 19.2 Å². The molecule has 2 fully saturated rings. The molecule has 2 aliphatic heterocycles. The van der Waals surface area contributed by atoms with Gasteiger partial charge in [-0.3, -0.25) is 0 Å². The van der Waals surface area contributed by atoms with Crippen molar-refractivity contribution in [3.63, 3.8) is 0 Å². The van der Waals surface area contributed by atoms with Gasteiger partial charge in [-0.25, -0.2) is 19.2 Å². The summed E-state index contributed by atoms with van der Waals surface area (Å²) in [6, 6.07) is 14.7. The van der Waals surface area contributed by atoms with Crippen LogP contribution in [0.2, 0.25) is 0 Å². The van der Waals surface area contributed by atoms with E-state index in [0.29, 0.717) is 11.5 Å². The van der Waals surface area contributed by atoms with E-state index < -0.39 is 24.1 Å². The van der Waals surface area contributed by atoms with E-state index in [0.717, 1.165) is 46.3 Å². The lowest BCUT2D eigenvalue weighted by atomic mass is 10.1. The Labute approximate surface area is 284 Å². The Morgan fingerprint density at radius 3 is 1.28 bits per heavy atom. The molecular weight excluding hydrogens is 673 g/mol. The van der Waals surface area contributed by atoms with Crippen molar-refractivity contribution in [3.8, 4) is 22.6 Å². The maximum absolute atomic E-state index is 12.3. The molecule has 4 rings (SSSR count). The Kier molecular flexibility index (Phi) is 14.6. The Morgan fingerprint density at radius 1 is 0.609 bits per heavy atom. The first-order valence-electron chi connectivity index (χ1n) is 14.3. The van der Waals surface area contributed by atoms with Gasteiger partial charge >= 0.3 is 23.9 Å². The molecule has 0 aliphatic carbocycles. The number of benzene rings is 2. The van der Waals surface area contributed by atoms with Gasteiger partial charge in [0.15, 0.2) is 12.2 Å². The van der Waals surface area contributed by atoms with Gasteiger partial charge in [-0.2, -0.15) is 0 Å². The standard InChI is InChI=1S/C32H34O10S4/c1-3-27(33)41-25(19-39-29(35)31-43-13-14-44-31)17-37-23-9-5-21(6-10-23)22-7-11-24(12-8-22)38-18-26(42-28(34)4-2)20-40-30(36)32-45-15-16-46-32/h3-12,25-26,31-32H,1-2,13-20H2. The summed E-state index contributed by atoms with van der Waals surface area (Å²) in [4.78, 5) is 48.1. The first-order valence-corrected chi connectivity index (χ1v) is 18.5. The number of carbonyl (C=O) groups excluding carboxylic acids is 4. The first kappa shape index (κ1) is 35.7. The largest absolute Gasteiger partial charge is 0.490 e. The molecule has 0 aromatic heterocycles. The van der Waals surface area contributed by atoms with Crippen molar-refractivity contribution in [1.82, 2.24) is 0 Å². The average molecular weight is 707 g/mol. The van der Waals surface area contributed by atoms with E-state index in [4.69, 9.17) is 28.4 Å². The highest BCUT2D eigenvalue weighted by Gasteiger charge is 2.28. The topological polar surface area (TPSA) is 124 Å². The molecule has 0 saturated carbocycles. The number of rotatable bonds is 17. The predicted molar refractivity (Wildman–Crippen MR) is 182 cm³/mol. The van der Waals surface area contributed by atoms with Crippen LogP contribution in [0.5, 0.6) is 11.5 Å². The SMILES string of the molecule is C=CC(=O)OC(COC(=O)C1SCCS1)COc1ccc(-c2ccc(OCC(COC(=O)C3SCCS3)OC(=O)C=C)cc2)cc1. The molecule has 14 heteroatoms. The molecule has 46 heavy (non-hydrogen) atoms. The quantitative estimate of drug-likeness (QED) is 0.124. The fraction of sp³-hybridized carbons (Fsp3) is 0.375. The van der Waals surface area contributed by atoms with Crippen LogP contribution < -0.4 is 9.47 Å². The van der Waals surface area contributed by atoms with Gasteiger partial charge in [0, 0.05) is 35.2 Å². The summed E-state index contributed by atoms with van der Waals surface area (Å²) in [5, 5.41) is 0. The summed E-state index contributed by atoms with van der Waals surface area (Å²) >= 11 is 6.14. The fourth-order valence-corrected chi connectivity index (χ4v) is 9.13. The van der Waals surface area contributed by atoms with Crippen LogP contribution in [-0.2, 0) is 38.1 Å². The summed E-state index contributed by atoms with van der Waals surface area (Å²) in [6.45, 7) is 6.57. The molecule has 2 aliphatic rings. The van der Waals surface area contributed by atoms with Crippen molar-refractivity contribution in [2.75, 3.05) is 49.4 Å². The van der Waals surface area contributed by atoms with E-state index in [2.05, 4.69) is 13.2 Å². The smallest absolute Gasteiger partial charge is 0.330 e. The number of carbonyl (C=O) groups is 4. The van der Waals surface area contributed by atoms with Gasteiger partial charge in [0.2, 0.25) is 0 Å². The third kappa shape index (κ3) is 11.6. The summed E-state index contributed by atoms with van der Waals surface area (Å²) in [5.74, 6) is 2.71. The van der Waals surface area contributed by atoms with Gasteiger partial charge in [0.05, 0.1) is 0 Å². The number of hydrogen-bond donors (Lipinski definition) is 0. The second-order valence-corrected chi connectivity index (χ2v) is 15.1. The third-order valence-corrected chi connectivity index (χ3v) is 12.2. The minimum atomic E-state index is -0.796. The lowest BCUT2D eigenvalue weighted by Crippen LogP contribution is -2.31. The minimum Gasteiger partial charge on any atom is -0.490 e. The summed E-state index contributed by atoms with van der Waals surface area (Å²) in [6.07, 6.45) is 0.503. The second kappa shape index (κ2) is 18.8. The van der Waals surface area contributed by atoms with Crippen LogP contribution in [0.3, 0.4) is 0 Å². The molecule has 0 bridgehead atoms. The summed E-state index contributed by atoms with van der Waals surface area (Å²) in [5.41, 5.74) is 1.84. The predicted octanol–water partition coefficient (Wildman–Crippen LogP) is 5.01. The summed E-state index contributed by atoms with van der Waals surface area (Å²) in [7, 11) is 0. The van der Waals surface area contributed by atoms with Gasteiger partial charge < -0.3 is 28.4 Å². The van der Waals surface area contributed by atoms with E-state index in [1.54, 1.807) is 24.3 Å². The Hall–Kier alpha value is -3.20. The zero-order valence-corrected chi connectivity index (χ0v) is 28.1. The van der Waals surface area contributed by atoms with Gasteiger partial charge in [0.25, 0.3) is 0 Å². The Morgan fingerprint density at radius 2 is 0.957 bits per heavy atom. The van der Waals surface area contributed by atoms with Crippen molar-refractivity contribution < 1.29 is 47.6 Å². The van der Waals surface area contributed by atoms with Crippen LogP contribution in [0.15, 0.2) is 73.8 Å². The zero-order valence-electron chi connectivity index (χ0n) is 24.9. The summed E-state index contributed by atoms with van der Waals surface area (Å²) < 4.78 is 32.5. The Balaban J connectivity index is 1.26. The number of thioether (sulfide) groups is 4. The van der Waals surface area contributed by atoms with E-state index in [-0.39, 0.29) is 47.5 Å². The van der Waals surface area contributed by atoms with Crippen molar-refractivity contribution in [3.05, 3.63) is 73.8 Å². The normalized spacial score (nSPS) is 16.1. The first-order chi connectivity index (χ1) is 22.3. The van der Waals surface area contributed by atoms with Crippen LogP contribution >= 0.6 is 47.0 Å². The maximum Gasteiger partial charge on any atom is 0.330 e. The van der Waals surface area contributed by atoms with Crippen molar-refractivity contribution in [1.29, 1.82) is 0 Å². The highest BCUT2D eigenvalue weighted by molar-refractivity contribution is 8.21. The molecular formula is C32H34O10S4. The molecule has 2 unspecified atom stereocenters. The molecule has 2 atom stereocenters. The molecule has 0 amide bonds. The zero-order chi connectivity index (χ0) is 32.7. The molecule has 2 heterocycles. The monoisotopic (exact) mass is 706 g/mol. The van der Waals surface area contributed by atoms with Gasteiger partial charge in [-0.05, 0) is 35.4 Å². The second-order valence-electron chi connectivity index (χ2n) is 9.60. The van der Waals surface area contributed by atoms with E-state index >= 15 is 0 Å². The lowest BCUT2D eigenvalue weighted by molar-refractivity contribution is -0.156. The van der Waals surface area contributed by atoms with E-state index in [1.807, 2.05) is 24.3 Å². The van der Waals surface area contributed by atoms with Gasteiger partial charge in [0.1, 0.15) is 47.1 Å². The molecule has 2 saturated heterocycles. The molecule has 0 spiro atoms. The van der Waals surface area contributed by atoms with Crippen LogP contribution in [0, 0.1) is 0 Å². The van der Waals surface area contributed by atoms with Crippen LogP contribution in [-0.4, -0.2) is 94.7 Å². The minimum absolute atomic E-state index is 0.00991. The molecule has 2 aromatic rings. The van der Waals surface area contributed by atoms with Crippen LogP contribution in [0.1, 0.15) is 0 Å². The highest BCUT2D eigenvalue weighted by Crippen LogP contribution is 2.33. The number of esters is 4. The molecule has 0 radical (unpaired) electrons. The molecule has 246 valence electrons. The van der Waals surface area contributed by atoms with E-state index in [1.165, 1.54) is 47.0 Å². The number of hydrogen-bond acceptors (Lipinski definition) is 14. The molecule has 0 N–H and O–H groups in total. The lowest BCUT2D eigenvalue weighted by Gasteiger charge is -2.19. The molecule has 2 aromatic carbocycles. The molecule has 10 nitrogen and oxygen atoms in total. The van der Waals surface area contributed by atoms with Gasteiger partial charge in [-0.15, -0.1) is 47.0 Å². The highest BCUT2D eigenvalue weighted by atomic mass is 32.2. The van der Waals surface area contributed by atoms with Crippen molar-refractivity contribution in [2.45, 2.75) is 21.4 Å². The van der Waals surface area contributed by atoms with Crippen molar-refractivity contribution >= 4 is 70.9 Å². The fourth-order valence-electron chi connectivity index (χ4n) is 4.00. The average Bonchev–Trinajstić information content (AvgIpc) is 3.83. The third-order valence-electron chi connectivity index (χ3n) is 6.26. The van der Waals surface area contributed by atoms with Crippen LogP contribution in [0.4, 0.5) is 0 Å². The van der Waals surface area contributed by atoms with Gasteiger partial charge in [-0.1, -0.05) is 37.4 Å². The van der Waals surface area contributed by atoms with Crippen LogP contribution in [0.25, 0.3) is 11.1 Å². The Bertz CT molecular complexity index is 1240. The number of ether oxygens (including phenoxy) is 6. The van der Waals surface area contributed by atoms with Crippen molar-refractivity contribution in [2.24, 2.45) is 0 Å².